The highest BCUT2D eigenvalue weighted by Crippen LogP contribution is 2.30. The molecule has 2 aliphatic rings. The van der Waals surface area contributed by atoms with Crippen molar-refractivity contribution in [1.82, 2.24) is 4.90 Å². The fraction of sp³-hybridized carbons (Fsp3) is 0.571. The van der Waals surface area contributed by atoms with Gasteiger partial charge in [-0.05, 0) is 23.8 Å². The molecule has 16 heavy (non-hydrogen) atoms. The third-order valence-corrected chi connectivity index (χ3v) is 3.87. The summed E-state index contributed by atoms with van der Waals surface area (Å²) in [6.07, 6.45) is 1.26. The van der Waals surface area contributed by atoms with Crippen LogP contribution in [-0.4, -0.2) is 31.2 Å². The minimum Gasteiger partial charge on any atom is -0.381 e. The van der Waals surface area contributed by atoms with Crippen LogP contribution >= 0.6 is 0 Å². The molecule has 2 atom stereocenters. The first-order valence-electron chi connectivity index (χ1n) is 6.26. The number of hydrogen-bond donors (Lipinski definition) is 0. The zero-order valence-corrected chi connectivity index (χ0v) is 9.64. The first-order chi connectivity index (χ1) is 7.92. The Balaban J connectivity index is 1.61. The number of likely N-dealkylation sites (tertiary alicyclic amines) is 1. The SMILES string of the molecule is c1ccc(CN2CC3CCOCC3C2)cc1. The second-order valence-corrected chi connectivity index (χ2v) is 5.06. The summed E-state index contributed by atoms with van der Waals surface area (Å²) in [6.45, 7) is 5.55. The summed E-state index contributed by atoms with van der Waals surface area (Å²) in [5, 5.41) is 0. The predicted molar refractivity (Wildman–Crippen MR) is 64.1 cm³/mol. The van der Waals surface area contributed by atoms with Crippen LogP contribution in [0.5, 0.6) is 0 Å². The molecule has 0 aromatic heterocycles. The van der Waals surface area contributed by atoms with E-state index in [9.17, 15) is 0 Å². The lowest BCUT2D eigenvalue weighted by molar-refractivity contribution is 0.0370. The van der Waals surface area contributed by atoms with E-state index in [4.69, 9.17) is 4.74 Å². The monoisotopic (exact) mass is 217 g/mol. The summed E-state index contributed by atoms with van der Waals surface area (Å²) in [5.74, 6) is 1.68. The van der Waals surface area contributed by atoms with Crippen LogP contribution in [0.2, 0.25) is 0 Å². The summed E-state index contributed by atoms with van der Waals surface area (Å²) in [6, 6.07) is 10.8. The van der Waals surface area contributed by atoms with E-state index in [0.717, 1.165) is 31.6 Å². The van der Waals surface area contributed by atoms with E-state index >= 15 is 0 Å². The Morgan fingerprint density at radius 3 is 2.75 bits per heavy atom. The Morgan fingerprint density at radius 2 is 1.94 bits per heavy atom. The first kappa shape index (κ1) is 10.3. The van der Waals surface area contributed by atoms with Crippen LogP contribution in [-0.2, 0) is 11.3 Å². The van der Waals surface area contributed by atoms with Gasteiger partial charge >= 0.3 is 0 Å². The molecule has 0 N–H and O–H groups in total. The molecule has 2 nitrogen and oxygen atoms in total. The standard InChI is InChI=1S/C14H19NO/c1-2-4-12(5-3-1)8-15-9-13-6-7-16-11-14(13)10-15/h1-5,13-14H,6-11H2. The number of ether oxygens (including phenoxy) is 1. The lowest BCUT2D eigenvalue weighted by atomic mass is 9.92. The largest absolute Gasteiger partial charge is 0.381 e. The van der Waals surface area contributed by atoms with Crippen molar-refractivity contribution in [1.29, 1.82) is 0 Å². The molecule has 1 aromatic rings. The molecule has 86 valence electrons. The maximum atomic E-state index is 5.56. The van der Waals surface area contributed by atoms with Gasteiger partial charge in [-0.3, -0.25) is 4.90 Å². The van der Waals surface area contributed by atoms with Gasteiger partial charge in [0.25, 0.3) is 0 Å². The molecular formula is C14H19NO. The highest BCUT2D eigenvalue weighted by atomic mass is 16.5. The zero-order chi connectivity index (χ0) is 10.8. The lowest BCUT2D eigenvalue weighted by Gasteiger charge is -2.23. The van der Waals surface area contributed by atoms with Crippen molar-refractivity contribution in [3.05, 3.63) is 35.9 Å². The highest BCUT2D eigenvalue weighted by Gasteiger charge is 2.34. The fourth-order valence-corrected chi connectivity index (χ4v) is 2.99. The summed E-state index contributed by atoms with van der Waals surface area (Å²) >= 11 is 0. The van der Waals surface area contributed by atoms with Gasteiger partial charge in [0.15, 0.2) is 0 Å². The van der Waals surface area contributed by atoms with Crippen LogP contribution < -0.4 is 0 Å². The summed E-state index contributed by atoms with van der Waals surface area (Å²) in [4.78, 5) is 2.58. The molecule has 2 heterocycles. The van der Waals surface area contributed by atoms with E-state index < -0.39 is 0 Å². The van der Waals surface area contributed by atoms with Crippen molar-refractivity contribution < 1.29 is 4.74 Å². The van der Waals surface area contributed by atoms with Gasteiger partial charge in [-0.1, -0.05) is 30.3 Å². The maximum Gasteiger partial charge on any atom is 0.0509 e. The van der Waals surface area contributed by atoms with E-state index in [1.165, 1.54) is 25.1 Å². The molecule has 2 fully saturated rings. The predicted octanol–water partition coefficient (Wildman–Crippen LogP) is 2.15. The van der Waals surface area contributed by atoms with Crippen LogP contribution in [0.4, 0.5) is 0 Å². The molecule has 2 unspecified atom stereocenters. The average molecular weight is 217 g/mol. The van der Waals surface area contributed by atoms with Crippen LogP contribution in [0.15, 0.2) is 30.3 Å². The summed E-state index contributed by atoms with van der Waals surface area (Å²) < 4.78 is 5.56. The molecule has 2 heteroatoms. The summed E-state index contributed by atoms with van der Waals surface area (Å²) in [5.41, 5.74) is 1.43. The molecule has 0 saturated carbocycles. The minimum atomic E-state index is 0.789. The maximum absolute atomic E-state index is 5.56. The third kappa shape index (κ3) is 2.13. The Morgan fingerprint density at radius 1 is 1.12 bits per heavy atom. The van der Waals surface area contributed by atoms with Gasteiger partial charge in [-0.25, -0.2) is 0 Å². The molecule has 0 bridgehead atoms. The fourth-order valence-electron chi connectivity index (χ4n) is 2.99. The van der Waals surface area contributed by atoms with E-state index in [1.54, 1.807) is 0 Å². The second-order valence-electron chi connectivity index (χ2n) is 5.06. The van der Waals surface area contributed by atoms with Crippen molar-refractivity contribution in [2.75, 3.05) is 26.3 Å². The molecule has 2 aliphatic heterocycles. The van der Waals surface area contributed by atoms with Crippen molar-refractivity contribution >= 4 is 0 Å². The average Bonchev–Trinajstić information content (AvgIpc) is 2.72. The molecule has 0 amide bonds. The molecular weight excluding hydrogens is 198 g/mol. The summed E-state index contributed by atoms with van der Waals surface area (Å²) in [7, 11) is 0. The van der Waals surface area contributed by atoms with Crippen molar-refractivity contribution in [2.45, 2.75) is 13.0 Å². The zero-order valence-electron chi connectivity index (χ0n) is 9.64. The van der Waals surface area contributed by atoms with Gasteiger partial charge in [-0.2, -0.15) is 0 Å². The number of rotatable bonds is 2. The highest BCUT2D eigenvalue weighted by molar-refractivity contribution is 5.14. The van der Waals surface area contributed by atoms with Gasteiger partial charge in [0.1, 0.15) is 0 Å². The smallest absolute Gasteiger partial charge is 0.0509 e. The van der Waals surface area contributed by atoms with Crippen molar-refractivity contribution in [3.8, 4) is 0 Å². The van der Waals surface area contributed by atoms with E-state index in [0.29, 0.717) is 0 Å². The molecule has 3 rings (SSSR count). The number of hydrogen-bond acceptors (Lipinski definition) is 2. The van der Waals surface area contributed by atoms with E-state index in [2.05, 4.69) is 35.2 Å². The molecule has 0 spiro atoms. The van der Waals surface area contributed by atoms with Crippen LogP contribution in [0.25, 0.3) is 0 Å². The Bertz CT molecular complexity index is 324. The molecule has 0 radical (unpaired) electrons. The minimum absolute atomic E-state index is 0.789. The molecule has 2 saturated heterocycles. The van der Waals surface area contributed by atoms with E-state index in [1.807, 2.05) is 0 Å². The topological polar surface area (TPSA) is 12.5 Å². The molecule has 1 aromatic carbocycles. The van der Waals surface area contributed by atoms with E-state index in [-0.39, 0.29) is 0 Å². The lowest BCUT2D eigenvalue weighted by Crippen LogP contribution is -2.25. The van der Waals surface area contributed by atoms with Gasteiger partial charge < -0.3 is 4.74 Å². The normalized spacial score (nSPS) is 30.2. The van der Waals surface area contributed by atoms with Gasteiger partial charge in [-0.15, -0.1) is 0 Å². The number of benzene rings is 1. The third-order valence-electron chi connectivity index (χ3n) is 3.87. The quantitative estimate of drug-likeness (QED) is 0.752. The first-order valence-corrected chi connectivity index (χ1v) is 6.26. The van der Waals surface area contributed by atoms with Crippen molar-refractivity contribution in [2.24, 2.45) is 11.8 Å². The van der Waals surface area contributed by atoms with Gasteiger partial charge in [0.2, 0.25) is 0 Å². The van der Waals surface area contributed by atoms with Crippen molar-refractivity contribution in [3.63, 3.8) is 0 Å². The van der Waals surface area contributed by atoms with Gasteiger partial charge in [0, 0.05) is 26.2 Å². The number of fused-ring (bicyclic) bond motifs is 1. The van der Waals surface area contributed by atoms with Crippen LogP contribution in [0.3, 0.4) is 0 Å². The molecule has 0 aliphatic carbocycles. The second kappa shape index (κ2) is 4.56. The van der Waals surface area contributed by atoms with Crippen LogP contribution in [0, 0.1) is 11.8 Å². The van der Waals surface area contributed by atoms with Gasteiger partial charge in [0.05, 0.1) is 6.61 Å². The Hall–Kier alpha value is -0.860. The van der Waals surface area contributed by atoms with Crippen LogP contribution in [0.1, 0.15) is 12.0 Å². The Kier molecular flexibility index (Phi) is 2.94. The number of nitrogens with zero attached hydrogens (tertiary/aromatic N) is 1. The Labute approximate surface area is 97.2 Å².